The molecule has 0 atom stereocenters. The number of halogens is 1. The number of hydrogen-bond acceptors (Lipinski definition) is 4. The monoisotopic (exact) mass is 266 g/mol. The minimum Gasteiger partial charge on any atom is -0.409 e. The van der Waals surface area contributed by atoms with Crippen molar-refractivity contribution in [3.63, 3.8) is 0 Å². The van der Waals surface area contributed by atoms with Crippen molar-refractivity contribution in [3.05, 3.63) is 35.1 Å². The number of benzene rings is 1. The lowest BCUT2D eigenvalue weighted by molar-refractivity contribution is 0.150. The average Bonchev–Trinajstić information content (AvgIpc) is 2.46. The third-order valence-electron chi connectivity index (χ3n) is 3.31. The molecule has 104 valence electrons. The molecule has 2 rings (SSSR count). The summed E-state index contributed by atoms with van der Waals surface area (Å²) in [6, 6.07) is 4.89. The van der Waals surface area contributed by atoms with Crippen molar-refractivity contribution in [1.29, 1.82) is 0 Å². The van der Waals surface area contributed by atoms with Gasteiger partial charge in [-0.05, 0) is 18.9 Å². The Kier molecular flexibility index (Phi) is 4.70. The molecule has 1 aliphatic heterocycles. The van der Waals surface area contributed by atoms with Gasteiger partial charge in [-0.1, -0.05) is 23.7 Å². The normalized spacial score (nSPS) is 17.6. The summed E-state index contributed by atoms with van der Waals surface area (Å²) in [7, 11) is 0. The predicted octanol–water partition coefficient (Wildman–Crippen LogP) is 1.41. The zero-order chi connectivity index (χ0) is 13.7. The van der Waals surface area contributed by atoms with E-state index in [9.17, 15) is 4.39 Å². The van der Waals surface area contributed by atoms with E-state index in [4.69, 9.17) is 10.9 Å². The Morgan fingerprint density at radius 1 is 1.37 bits per heavy atom. The molecule has 1 heterocycles. The van der Waals surface area contributed by atoms with Gasteiger partial charge in [0.15, 0.2) is 5.84 Å². The van der Waals surface area contributed by atoms with Gasteiger partial charge in [-0.15, -0.1) is 0 Å². The summed E-state index contributed by atoms with van der Waals surface area (Å²) in [6.07, 6.45) is 3.59. The number of hydrogen-bond donors (Lipinski definition) is 3. The van der Waals surface area contributed by atoms with Gasteiger partial charge in [0.05, 0.1) is 5.56 Å². The average molecular weight is 266 g/mol. The summed E-state index contributed by atoms with van der Waals surface area (Å²) < 4.78 is 14.1. The molecule has 0 aromatic heterocycles. The highest BCUT2D eigenvalue weighted by atomic mass is 19.1. The van der Waals surface area contributed by atoms with Crippen molar-refractivity contribution >= 4 is 5.84 Å². The van der Waals surface area contributed by atoms with Gasteiger partial charge < -0.3 is 10.9 Å². The molecule has 1 aromatic rings. The number of oxime groups is 1. The van der Waals surface area contributed by atoms with Crippen LogP contribution >= 0.6 is 0 Å². The second-order valence-electron chi connectivity index (χ2n) is 4.65. The Balaban J connectivity index is 2.04. The molecule has 0 bridgehead atoms. The Morgan fingerprint density at radius 3 is 2.79 bits per heavy atom. The molecule has 4 N–H and O–H groups in total. The molecular weight excluding hydrogens is 247 g/mol. The molecule has 0 amide bonds. The fourth-order valence-corrected chi connectivity index (χ4v) is 2.22. The topological polar surface area (TPSA) is 73.9 Å². The lowest BCUT2D eigenvalue weighted by Crippen LogP contribution is -2.41. The smallest absolute Gasteiger partial charge is 0.173 e. The van der Waals surface area contributed by atoms with Crippen LogP contribution in [-0.4, -0.2) is 29.1 Å². The van der Waals surface area contributed by atoms with E-state index in [1.54, 1.807) is 12.1 Å². The summed E-state index contributed by atoms with van der Waals surface area (Å²) in [5.74, 6) is -0.653. The van der Waals surface area contributed by atoms with Crippen LogP contribution in [-0.2, 0) is 6.54 Å². The quantitative estimate of drug-likeness (QED) is 0.333. The lowest BCUT2D eigenvalue weighted by Gasteiger charge is -2.27. The number of nitrogens with zero attached hydrogens (tertiary/aromatic N) is 2. The Labute approximate surface area is 111 Å². The molecule has 0 saturated carbocycles. The van der Waals surface area contributed by atoms with Crippen molar-refractivity contribution in [2.75, 3.05) is 13.1 Å². The third kappa shape index (κ3) is 3.42. The van der Waals surface area contributed by atoms with Crippen molar-refractivity contribution < 1.29 is 9.60 Å². The molecule has 1 fully saturated rings. The van der Waals surface area contributed by atoms with Crippen LogP contribution in [0, 0.1) is 5.82 Å². The minimum absolute atomic E-state index is 0.125. The van der Waals surface area contributed by atoms with Gasteiger partial charge in [0.2, 0.25) is 0 Å². The van der Waals surface area contributed by atoms with Crippen LogP contribution in [0.4, 0.5) is 4.39 Å². The van der Waals surface area contributed by atoms with Gasteiger partial charge in [0.1, 0.15) is 5.82 Å². The maximum atomic E-state index is 14.1. The predicted molar refractivity (Wildman–Crippen MR) is 71.2 cm³/mol. The van der Waals surface area contributed by atoms with Gasteiger partial charge >= 0.3 is 0 Å². The second-order valence-corrected chi connectivity index (χ2v) is 4.65. The Bertz CT molecular complexity index is 458. The molecule has 0 spiro atoms. The van der Waals surface area contributed by atoms with Crippen LogP contribution in [0.25, 0.3) is 0 Å². The zero-order valence-corrected chi connectivity index (χ0v) is 10.8. The van der Waals surface area contributed by atoms with E-state index in [2.05, 4.69) is 15.6 Å². The summed E-state index contributed by atoms with van der Waals surface area (Å²) in [5.41, 5.74) is 9.28. The van der Waals surface area contributed by atoms with Gasteiger partial charge in [-0.2, -0.15) is 0 Å². The SMILES string of the molecule is N/C(=N/O)c1cccc(CNN2CCCCC2)c1F. The van der Waals surface area contributed by atoms with E-state index in [1.807, 2.05) is 0 Å². The molecule has 0 aliphatic carbocycles. The van der Waals surface area contributed by atoms with Crippen LogP contribution in [0.5, 0.6) is 0 Å². The van der Waals surface area contributed by atoms with Gasteiger partial charge in [-0.3, -0.25) is 5.43 Å². The number of nitrogens with one attached hydrogen (secondary N) is 1. The highest BCUT2D eigenvalue weighted by Crippen LogP contribution is 2.13. The van der Waals surface area contributed by atoms with Crippen molar-refractivity contribution in [3.8, 4) is 0 Å². The molecule has 0 radical (unpaired) electrons. The first-order valence-corrected chi connectivity index (χ1v) is 6.46. The van der Waals surface area contributed by atoms with E-state index in [0.29, 0.717) is 12.1 Å². The Morgan fingerprint density at radius 2 is 2.11 bits per heavy atom. The largest absolute Gasteiger partial charge is 0.409 e. The number of nitrogens with two attached hydrogens (primary N) is 1. The van der Waals surface area contributed by atoms with Crippen molar-refractivity contribution in [2.24, 2.45) is 10.9 Å². The first-order chi connectivity index (χ1) is 9.22. The van der Waals surface area contributed by atoms with Crippen LogP contribution in [0.3, 0.4) is 0 Å². The van der Waals surface area contributed by atoms with E-state index in [0.717, 1.165) is 13.1 Å². The highest BCUT2D eigenvalue weighted by molar-refractivity contribution is 5.97. The molecule has 1 aliphatic rings. The summed E-state index contributed by atoms with van der Waals surface area (Å²) in [4.78, 5) is 0. The number of piperidine rings is 1. The number of hydrazine groups is 1. The Hall–Kier alpha value is -1.66. The zero-order valence-electron chi connectivity index (χ0n) is 10.8. The molecule has 6 heteroatoms. The van der Waals surface area contributed by atoms with E-state index < -0.39 is 5.82 Å². The van der Waals surface area contributed by atoms with Crippen LogP contribution in [0.1, 0.15) is 30.4 Å². The highest BCUT2D eigenvalue weighted by Gasteiger charge is 2.13. The third-order valence-corrected chi connectivity index (χ3v) is 3.31. The van der Waals surface area contributed by atoms with Crippen LogP contribution in [0.15, 0.2) is 23.4 Å². The fourth-order valence-electron chi connectivity index (χ4n) is 2.22. The molecule has 1 aromatic carbocycles. The first-order valence-electron chi connectivity index (χ1n) is 6.46. The number of rotatable bonds is 4. The minimum atomic E-state index is -0.442. The van der Waals surface area contributed by atoms with E-state index in [-0.39, 0.29) is 11.4 Å². The van der Waals surface area contributed by atoms with Crippen molar-refractivity contribution in [2.45, 2.75) is 25.8 Å². The standard InChI is InChI=1S/C13H19FN4O/c14-12-10(5-4-6-11(12)13(15)17-19)9-16-18-7-2-1-3-8-18/h4-6,16,19H,1-3,7-9H2,(H2,15,17). The maximum absolute atomic E-state index is 14.1. The molecular formula is C13H19FN4O. The summed E-state index contributed by atoms with van der Waals surface area (Å²) >= 11 is 0. The van der Waals surface area contributed by atoms with Gasteiger partial charge in [-0.25, -0.2) is 9.40 Å². The molecule has 1 saturated heterocycles. The van der Waals surface area contributed by atoms with Crippen molar-refractivity contribution in [1.82, 2.24) is 10.4 Å². The summed E-state index contributed by atoms with van der Waals surface area (Å²) in [5, 5.41) is 13.6. The molecule has 5 nitrogen and oxygen atoms in total. The number of amidine groups is 1. The van der Waals surface area contributed by atoms with E-state index in [1.165, 1.54) is 25.3 Å². The first kappa shape index (κ1) is 13.8. The fraction of sp³-hybridized carbons (Fsp3) is 0.462. The van der Waals surface area contributed by atoms with Gasteiger partial charge in [0.25, 0.3) is 0 Å². The maximum Gasteiger partial charge on any atom is 0.173 e. The van der Waals surface area contributed by atoms with Crippen LogP contribution < -0.4 is 11.2 Å². The van der Waals surface area contributed by atoms with Crippen LogP contribution in [0.2, 0.25) is 0 Å². The second kappa shape index (κ2) is 6.49. The lowest BCUT2D eigenvalue weighted by atomic mass is 10.1. The van der Waals surface area contributed by atoms with E-state index >= 15 is 0 Å². The molecule has 0 unspecified atom stereocenters. The van der Waals surface area contributed by atoms with Gasteiger partial charge in [0, 0.05) is 25.2 Å². The summed E-state index contributed by atoms with van der Waals surface area (Å²) in [6.45, 7) is 2.38. The molecule has 19 heavy (non-hydrogen) atoms.